The van der Waals surface area contributed by atoms with E-state index in [0.717, 1.165) is 5.75 Å². The van der Waals surface area contributed by atoms with Gasteiger partial charge in [0, 0.05) is 6.04 Å². The minimum absolute atomic E-state index is 0.362. The average molecular weight is 282 g/mol. The van der Waals surface area contributed by atoms with Crippen molar-refractivity contribution in [1.29, 1.82) is 0 Å². The molecule has 2 nitrogen and oxygen atoms in total. The van der Waals surface area contributed by atoms with E-state index in [2.05, 4.69) is 25.2 Å². The molecule has 1 aromatic carbocycles. The topological polar surface area (TPSA) is 21.3 Å². The second kappa shape index (κ2) is 5.72. The first kappa shape index (κ1) is 14.7. The summed E-state index contributed by atoms with van der Waals surface area (Å²) in [7, 11) is 3.69. The third kappa shape index (κ3) is 2.90. The van der Waals surface area contributed by atoms with E-state index < -0.39 is 0 Å². The van der Waals surface area contributed by atoms with Gasteiger partial charge >= 0.3 is 0 Å². The lowest BCUT2D eigenvalue weighted by molar-refractivity contribution is 0.203. The summed E-state index contributed by atoms with van der Waals surface area (Å²) in [6.07, 6.45) is 3.90. The number of benzene rings is 1. The van der Waals surface area contributed by atoms with Crippen LogP contribution in [0.2, 0.25) is 5.02 Å². The van der Waals surface area contributed by atoms with Gasteiger partial charge in [0.15, 0.2) is 0 Å². The van der Waals surface area contributed by atoms with E-state index in [1.165, 1.54) is 24.8 Å². The van der Waals surface area contributed by atoms with E-state index in [1.54, 1.807) is 7.11 Å². The maximum atomic E-state index is 6.26. The number of ether oxygens (including phenoxy) is 1. The zero-order chi connectivity index (χ0) is 14.0. The Balaban J connectivity index is 2.29. The molecule has 0 bridgehead atoms. The van der Waals surface area contributed by atoms with Crippen LogP contribution in [0.15, 0.2) is 18.2 Å². The van der Waals surface area contributed by atoms with Crippen molar-refractivity contribution in [3.63, 3.8) is 0 Å². The first-order valence-corrected chi connectivity index (χ1v) is 7.38. The quantitative estimate of drug-likeness (QED) is 0.881. The highest BCUT2D eigenvalue weighted by molar-refractivity contribution is 6.32. The Labute approximate surface area is 121 Å². The van der Waals surface area contributed by atoms with Crippen LogP contribution in [-0.4, -0.2) is 14.2 Å². The van der Waals surface area contributed by atoms with Crippen molar-refractivity contribution in [1.82, 2.24) is 5.32 Å². The standard InChI is InChI=1S/C16H24ClNO/c1-16(2)9-5-6-12(16)15(18-3)11-7-8-14(19-4)13(17)10-11/h7-8,10,12,15,18H,5-6,9H2,1-4H3. The van der Waals surface area contributed by atoms with Crippen molar-refractivity contribution in [2.75, 3.05) is 14.2 Å². The Bertz CT molecular complexity index is 444. The van der Waals surface area contributed by atoms with Crippen LogP contribution in [0.5, 0.6) is 5.75 Å². The van der Waals surface area contributed by atoms with Crippen molar-refractivity contribution < 1.29 is 4.74 Å². The van der Waals surface area contributed by atoms with Gasteiger partial charge in [-0.1, -0.05) is 37.9 Å². The highest BCUT2D eigenvalue weighted by atomic mass is 35.5. The van der Waals surface area contributed by atoms with Gasteiger partial charge in [-0.3, -0.25) is 0 Å². The van der Waals surface area contributed by atoms with Crippen molar-refractivity contribution in [2.45, 2.75) is 39.2 Å². The number of methoxy groups -OCH3 is 1. The summed E-state index contributed by atoms with van der Waals surface area (Å²) in [5, 5.41) is 4.17. The van der Waals surface area contributed by atoms with Gasteiger partial charge in [-0.2, -0.15) is 0 Å². The van der Waals surface area contributed by atoms with Gasteiger partial charge < -0.3 is 10.1 Å². The number of halogens is 1. The van der Waals surface area contributed by atoms with Gasteiger partial charge in [-0.05, 0) is 48.9 Å². The summed E-state index contributed by atoms with van der Waals surface area (Å²) in [6, 6.07) is 6.49. The molecule has 2 rings (SSSR count). The Morgan fingerprint density at radius 3 is 2.63 bits per heavy atom. The third-order valence-electron chi connectivity index (χ3n) is 4.59. The highest BCUT2D eigenvalue weighted by Gasteiger charge is 2.39. The number of nitrogens with one attached hydrogen (secondary N) is 1. The highest BCUT2D eigenvalue weighted by Crippen LogP contribution is 2.49. The normalized spacial score (nSPS) is 23.3. The van der Waals surface area contributed by atoms with Crippen LogP contribution in [0, 0.1) is 11.3 Å². The molecule has 1 aliphatic carbocycles. The Morgan fingerprint density at radius 2 is 2.16 bits per heavy atom. The molecule has 0 radical (unpaired) electrons. The molecule has 1 aromatic rings. The lowest BCUT2D eigenvalue weighted by Crippen LogP contribution is -2.32. The van der Waals surface area contributed by atoms with E-state index >= 15 is 0 Å². The van der Waals surface area contributed by atoms with Crippen LogP contribution in [0.25, 0.3) is 0 Å². The minimum Gasteiger partial charge on any atom is -0.495 e. The summed E-state index contributed by atoms with van der Waals surface area (Å²) < 4.78 is 5.23. The van der Waals surface area contributed by atoms with Crippen LogP contribution < -0.4 is 10.1 Å². The molecule has 2 atom stereocenters. The van der Waals surface area contributed by atoms with E-state index in [0.29, 0.717) is 22.4 Å². The van der Waals surface area contributed by atoms with Gasteiger partial charge in [-0.25, -0.2) is 0 Å². The molecule has 0 heterocycles. The first-order valence-electron chi connectivity index (χ1n) is 7.00. The molecule has 0 aliphatic heterocycles. The van der Waals surface area contributed by atoms with Crippen molar-refractivity contribution in [3.8, 4) is 5.75 Å². The van der Waals surface area contributed by atoms with E-state index in [9.17, 15) is 0 Å². The average Bonchev–Trinajstić information content (AvgIpc) is 2.71. The fourth-order valence-corrected chi connectivity index (χ4v) is 3.71. The number of hydrogen-bond acceptors (Lipinski definition) is 2. The lowest BCUT2D eigenvalue weighted by Gasteiger charge is -2.34. The van der Waals surface area contributed by atoms with Gasteiger partial charge in [0.1, 0.15) is 5.75 Å². The maximum absolute atomic E-state index is 6.26. The van der Waals surface area contributed by atoms with Crippen molar-refractivity contribution in [3.05, 3.63) is 28.8 Å². The molecular formula is C16H24ClNO. The molecular weight excluding hydrogens is 258 g/mol. The zero-order valence-electron chi connectivity index (χ0n) is 12.3. The molecule has 1 aliphatic rings. The van der Waals surface area contributed by atoms with Crippen LogP contribution in [0.3, 0.4) is 0 Å². The van der Waals surface area contributed by atoms with Crippen LogP contribution in [0.4, 0.5) is 0 Å². The Hall–Kier alpha value is -0.730. The van der Waals surface area contributed by atoms with E-state index in [1.807, 2.05) is 19.2 Å². The fraction of sp³-hybridized carbons (Fsp3) is 0.625. The van der Waals surface area contributed by atoms with Crippen molar-refractivity contribution in [2.24, 2.45) is 11.3 Å². The van der Waals surface area contributed by atoms with Crippen LogP contribution in [-0.2, 0) is 0 Å². The summed E-state index contributed by atoms with van der Waals surface area (Å²) in [6.45, 7) is 4.75. The fourth-order valence-electron chi connectivity index (χ4n) is 3.45. The predicted octanol–water partition coefficient (Wildman–Crippen LogP) is 4.44. The van der Waals surface area contributed by atoms with Crippen molar-refractivity contribution >= 4 is 11.6 Å². The molecule has 0 saturated heterocycles. The molecule has 19 heavy (non-hydrogen) atoms. The van der Waals surface area contributed by atoms with E-state index in [4.69, 9.17) is 16.3 Å². The lowest BCUT2D eigenvalue weighted by atomic mass is 9.75. The second-order valence-electron chi connectivity index (χ2n) is 6.15. The zero-order valence-corrected chi connectivity index (χ0v) is 13.1. The number of rotatable bonds is 4. The Kier molecular flexibility index (Phi) is 4.42. The van der Waals surface area contributed by atoms with E-state index in [-0.39, 0.29) is 0 Å². The molecule has 0 amide bonds. The molecule has 0 aromatic heterocycles. The molecule has 1 fully saturated rings. The summed E-state index contributed by atoms with van der Waals surface area (Å²) in [5.41, 5.74) is 1.65. The molecule has 0 spiro atoms. The minimum atomic E-state index is 0.362. The monoisotopic (exact) mass is 281 g/mol. The predicted molar refractivity (Wildman–Crippen MR) is 80.9 cm³/mol. The van der Waals surface area contributed by atoms with Gasteiger partial charge in [0.2, 0.25) is 0 Å². The van der Waals surface area contributed by atoms with Crippen LogP contribution >= 0.6 is 11.6 Å². The summed E-state index contributed by atoms with van der Waals surface area (Å²) >= 11 is 6.26. The van der Waals surface area contributed by atoms with Gasteiger partial charge in [0.25, 0.3) is 0 Å². The second-order valence-corrected chi connectivity index (χ2v) is 6.55. The summed E-state index contributed by atoms with van der Waals surface area (Å²) in [5.74, 6) is 1.40. The van der Waals surface area contributed by atoms with Gasteiger partial charge in [-0.15, -0.1) is 0 Å². The maximum Gasteiger partial charge on any atom is 0.137 e. The summed E-state index contributed by atoms with van der Waals surface area (Å²) in [4.78, 5) is 0. The van der Waals surface area contributed by atoms with Gasteiger partial charge in [0.05, 0.1) is 12.1 Å². The molecule has 106 valence electrons. The third-order valence-corrected chi connectivity index (χ3v) is 4.88. The van der Waals surface area contributed by atoms with Crippen LogP contribution in [0.1, 0.15) is 44.7 Å². The SMILES string of the molecule is CNC(c1ccc(OC)c(Cl)c1)C1CCCC1(C)C. The first-order chi connectivity index (χ1) is 8.99. The largest absolute Gasteiger partial charge is 0.495 e. The molecule has 1 N–H and O–H groups in total. The molecule has 2 unspecified atom stereocenters. The molecule has 3 heteroatoms. The molecule has 1 saturated carbocycles. The Morgan fingerprint density at radius 1 is 1.42 bits per heavy atom. The number of hydrogen-bond donors (Lipinski definition) is 1. The smallest absolute Gasteiger partial charge is 0.137 e.